The van der Waals surface area contributed by atoms with Crippen molar-refractivity contribution < 1.29 is 22.8 Å². The lowest BCUT2D eigenvalue weighted by atomic mass is 10.0. The van der Waals surface area contributed by atoms with Gasteiger partial charge in [-0.1, -0.05) is 35.9 Å². The highest BCUT2D eigenvalue weighted by Gasteiger charge is 2.49. The maximum atomic E-state index is 13.6. The Kier molecular flexibility index (Phi) is 6.10. The van der Waals surface area contributed by atoms with Crippen molar-refractivity contribution in [3.05, 3.63) is 83.1 Å². The zero-order valence-corrected chi connectivity index (χ0v) is 17.5. The maximum Gasteiger partial charge on any atom is 0.419 e. The van der Waals surface area contributed by atoms with Gasteiger partial charge in [-0.25, -0.2) is 9.97 Å². The lowest BCUT2D eigenvalue weighted by molar-refractivity contribution is -0.161. The molecule has 7 nitrogen and oxygen atoms in total. The van der Waals surface area contributed by atoms with Gasteiger partial charge in [-0.3, -0.25) is 19.9 Å². The summed E-state index contributed by atoms with van der Waals surface area (Å²) >= 11 is 6.13. The lowest BCUT2D eigenvalue weighted by Crippen LogP contribution is -2.52. The number of hydrogen-bond donors (Lipinski definition) is 1. The van der Waals surface area contributed by atoms with Crippen molar-refractivity contribution in [3.8, 4) is 0 Å². The van der Waals surface area contributed by atoms with Crippen molar-refractivity contribution in [1.82, 2.24) is 9.97 Å². The molecule has 3 aromatic rings. The van der Waals surface area contributed by atoms with Crippen LogP contribution in [0.3, 0.4) is 0 Å². The van der Waals surface area contributed by atoms with Gasteiger partial charge in [0.1, 0.15) is 0 Å². The Morgan fingerprint density at radius 2 is 1.70 bits per heavy atom. The van der Waals surface area contributed by atoms with Crippen LogP contribution in [0.25, 0.3) is 0 Å². The molecular weight excluding hydrogens is 459 g/mol. The molecule has 1 aliphatic heterocycles. The highest BCUT2D eigenvalue weighted by Crippen LogP contribution is 2.33. The van der Waals surface area contributed by atoms with E-state index in [1.165, 1.54) is 48.8 Å². The minimum Gasteiger partial charge on any atom is -0.303 e. The average molecular weight is 474 g/mol. The quantitative estimate of drug-likeness (QED) is 0.616. The number of carbonyl (C=O) groups is 2. The molecule has 1 N–H and O–H groups in total. The minimum atomic E-state index is -4.88. The number of nitrogens with zero attached hydrogens (tertiary/aromatic N) is 4. The van der Waals surface area contributed by atoms with Gasteiger partial charge in [-0.2, -0.15) is 13.2 Å². The van der Waals surface area contributed by atoms with E-state index < -0.39 is 24.0 Å². The normalized spacial score (nSPS) is 16.4. The second-order valence-corrected chi connectivity index (χ2v) is 7.41. The number of carbonyl (C=O) groups excluding carboxylic acids is 2. The van der Waals surface area contributed by atoms with Crippen molar-refractivity contribution in [3.63, 3.8) is 0 Å². The number of para-hydroxylation sites is 1. The summed E-state index contributed by atoms with van der Waals surface area (Å²) in [6.07, 6.45) is -1.94. The second-order valence-electron chi connectivity index (χ2n) is 7.00. The summed E-state index contributed by atoms with van der Waals surface area (Å²) in [6, 6.07) is 11.0. The molecule has 2 amide bonds. The fourth-order valence-electron chi connectivity index (χ4n) is 3.23. The summed E-state index contributed by atoms with van der Waals surface area (Å²) in [5.41, 5.74) is 0.773. The van der Waals surface area contributed by atoms with Crippen LogP contribution in [0.5, 0.6) is 0 Å². The number of alkyl halides is 3. The van der Waals surface area contributed by atoms with E-state index in [-0.39, 0.29) is 34.5 Å². The number of anilines is 2. The van der Waals surface area contributed by atoms with Gasteiger partial charge in [0.2, 0.25) is 12.0 Å². The monoisotopic (exact) mass is 473 g/mol. The van der Waals surface area contributed by atoms with Crippen molar-refractivity contribution in [1.29, 1.82) is 0 Å². The first-order valence-corrected chi connectivity index (χ1v) is 10.00. The summed E-state index contributed by atoms with van der Waals surface area (Å²) in [7, 11) is 0. The van der Waals surface area contributed by atoms with Gasteiger partial charge in [-0.15, -0.1) is 0 Å². The molecule has 1 aromatic heterocycles. The van der Waals surface area contributed by atoms with E-state index >= 15 is 0 Å². The topological polar surface area (TPSA) is 87.5 Å². The molecule has 0 saturated carbocycles. The third-order valence-electron chi connectivity index (χ3n) is 4.82. The molecule has 1 atom stereocenters. The predicted molar refractivity (Wildman–Crippen MR) is 117 cm³/mol. The molecule has 1 unspecified atom stereocenters. The van der Waals surface area contributed by atoms with Crippen LogP contribution in [0.2, 0.25) is 5.02 Å². The summed E-state index contributed by atoms with van der Waals surface area (Å²) in [6.45, 7) is -0.210. The molecule has 0 fully saturated rings. The SMILES string of the molecule is O=C(Nc1ncccn1)c1ccc(C2=NC(C(F)(F)F)C(=O)N(c3ccccc3Cl)C2)cc1. The predicted octanol–water partition coefficient (Wildman–Crippen LogP) is 4.15. The van der Waals surface area contributed by atoms with Crippen molar-refractivity contribution in [2.24, 2.45) is 4.99 Å². The molecule has 0 saturated heterocycles. The van der Waals surface area contributed by atoms with Crippen molar-refractivity contribution in [2.45, 2.75) is 12.2 Å². The molecule has 1 aliphatic rings. The van der Waals surface area contributed by atoms with E-state index in [0.29, 0.717) is 5.56 Å². The van der Waals surface area contributed by atoms with E-state index in [4.69, 9.17) is 11.6 Å². The third-order valence-corrected chi connectivity index (χ3v) is 5.14. The Balaban J connectivity index is 1.63. The maximum absolute atomic E-state index is 13.6. The van der Waals surface area contributed by atoms with Gasteiger partial charge < -0.3 is 4.90 Å². The van der Waals surface area contributed by atoms with Crippen molar-refractivity contribution in [2.75, 3.05) is 16.8 Å². The largest absolute Gasteiger partial charge is 0.419 e. The van der Waals surface area contributed by atoms with Crippen molar-refractivity contribution >= 4 is 40.8 Å². The molecule has 2 heterocycles. The highest BCUT2D eigenvalue weighted by atomic mass is 35.5. The number of amides is 2. The third kappa shape index (κ3) is 4.85. The number of aromatic nitrogens is 2. The number of aliphatic imine (C=N–C) groups is 1. The smallest absolute Gasteiger partial charge is 0.303 e. The van der Waals surface area contributed by atoms with Gasteiger partial charge in [0.15, 0.2) is 0 Å². The Bertz CT molecular complexity index is 1220. The summed E-state index contributed by atoms with van der Waals surface area (Å²) in [4.78, 5) is 37.4. The summed E-state index contributed by atoms with van der Waals surface area (Å²) in [5, 5.41) is 2.66. The molecule has 0 aliphatic carbocycles. The molecule has 11 heteroatoms. The fourth-order valence-corrected chi connectivity index (χ4v) is 3.47. The van der Waals surface area contributed by atoms with Crippen LogP contribution in [0, 0.1) is 0 Å². The number of rotatable bonds is 4. The van der Waals surface area contributed by atoms with E-state index in [1.54, 1.807) is 18.2 Å². The Morgan fingerprint density at radius 1 is 1.03 bits per heavy atom. The van der Waals surface area contributed by atoms with E-state index in [9.17, 15) is 22.8 Å². The average Bonchev–Trinajstić information content (AvgIpc) is 2.80. The Hall–Kier alpha value is -3.79. The van der Waals surface area contributed by atoms with Gasteiger partial charge in [0.05, 0.1) is 23.0 Å². The summed E-state index contributed by atoms with van der Waals surface area (Å²) < 4.78 is 40.8. The van der Waals surface area contributed by atoms with Crippen LogP contribution in [-0.4, -0.2) is 46.3 Å². The molecular formula is C22H15ClF3N5O2. The first-order chi connectivity index (χ1) is 15.7. The zero-order valence-electron chi connectivity index (χ0n) is 16.8. The Labute approximate surface area is 190 Å². The Morgan fingerprint density at radius 3 is 2.33 bits per heavy atom. The molecule has 0 bridgehead atoms. The van der Waals surface area contributed by atoms with Crippen LogP contribution >= 0.6 is 11.6 Å². The molecule has 33 heavy (non-hydrogen) atoms. The number of hydrogen-bond acceptors (Lipinski definition) is 5. The fraction of sp³-hybridized carbons (Fsp3) is 0.136. The molecule has 0 spiro atoms. The summed E-state index contributed by atoms with van der Waals surface area (Å²) in [5.74, 6) is -1.58. The highest BCUT2D eigenvalue weighted by molar-refractivity contribution is 6.34. The molecule has 0 radical (unpaired) electrons. The lowest BCUT2D eigenvalue weighted by Gasteiger charge is -2.32. The van der Waals surface area contributed by atoms with Crippen LogP contribution in [0.4, 0.5) is 24.8 Å². The van der Waals surface area contributed by atoms with Crippen LogP contribution in [0.1, 0.15) is 15.9 Å². The van der Waals surface area contributed by atoms with Crippen LogP contribution < -0.4 is 10.2 Å². The zero-order chi connectivity index (χ0) is 23.6. The van der Waals surface area contributed by atoms with Crippen LogP contribution in [-0.2, 0) is 4.79 Å². The standard InChI is InChI=1S/C22H15ClF3N5O2/c23-15-4-1-2-5-17(15)31-12-16(29-18(20(31)33)22(24,25)26)13-6-8-14(9-7-13)19(32)30-21-27-10-3-11-28-21/h1-11,18H,12H2,(H,27,28,30,32). The first kappa shape index (κ1) is 22.4. The van der Waals surface area contributed by atoms with E-state index in [1.807, 2.05) is 0 Å². The molecule has 168 valence electrons. The van der Waals surface area contributed by atoms with Gasteiger partial charge in [0.25, 0.3) is 11.8 Å². The van der Waals surface area contributed by atoms with Crippen LogP contribution in [0.15, 0.2) is 72.0 Å². The number of halogens is 4. The number of benzene rings is 2. The van der Waals surface area contributed by atoms with Gasteiger partial charge >= 0.3 is 6.18 Å². The second kappa shape index (κ2) is 8.99. The van der Waals surface area contributed by atoms with Gasteiger partial charge in [-0.05, 0) is 35.9 Å². The first-order valence-electron chi connectivity index (χ1n) is 9.62. The number of nitrogens with one attached hydrogen (secondary N) is 1. The molecule has 2 aromatic carbocycles. The van der Waals surface area contributed by atoms with E-state index in [0.717, 1.165) is 4.90 Å². The van der Waals surface area contributed by atoms with Gasteiger partial charge in [0, 0.05) is 18.0 Å². The minimum absolute atomic E-state index is 0.0372. The molecule has 4 rings (SSSR count). The van der Waals surface area contributed by atoms with E-state index in [2.05, 4.69) is 20.3 Å².